The van der Waals surface area contributed by atoms with Crippen LogP contribution in [-0.2, 0) is 0 Å². The molecule has 3 aromatic rings. The highest BCUT2D eigenvalue weighted by Crippen LogP contribution is 2.36. The van der Waals surface area contributed by atoms with Gasteiger partial charge in [0, 0.05) is 10.9 Å². The van der Waals surface area contributed by atoms with Crippen molar-refractivity contribution < 1.29 is 14.3 Å². The van der Waals surface area contributed by atoms with Gasteiger partial charge in [-0.15, -0.1) is 0 Å². The summed E-state index contributed by atoms with van der Waals surface area (Å²) in [6.45, 7) is 0. The molecule has 1 N–H and O–H groups in total. The van der Waals surface area contributed by atoms with Crippen LogP contribution >= 0.6 is 0 Å². The van der Waals surface area contributed by atoms with E-state index < -0.39 is 11.8 Å². The highest BCUT2D eigenvalue weighted by atomic mass is 16.5. The van der Waals surface area contributed by atoms with E-state index in [1.54, 1.807) is 12.1 Å². The zero-order chi connectivity index (χ0) is 16.0. The summed E-state index contributed by atoms with van der Waals surface area (Å²) in [5.74, 6) is -0.473. The van der Waals surface area contributed by atoms with Gasteiger partial charge in [-0.1, -0.05) is 24.3 Å². The second kappa shape index (κ2) is 4.91. The first-order chi connectivity index (χ1) is 11.2. The zero-order valence-corrected chi connectivity index (χ0v) is 12.3. The van der Waals surface area contributed by atoms with Gasteiger partial charge < -0.3 is 4.74 Å². The number of rotatable bonds is 2. The molecule has 1 aromatic heterocycles. The number of hydrogen-bond donors (Lipinski definition) is 1. The first kappa shape index (κ1) is 13.5. The van der Waals surface area contributed by atoms with Gasteiger partial charge in [-0.05, 0) is 24.3 Å². The summed E-state index contributed by atoms with van der Waals surface area (Å²) < 4.78 is 5.42. The number of nitrogens with zero attached hydrogens (tertiary/aromatic N) is 1. The predicted octanol–water partition coefficient (Wildman–Crippen LogP) is 2.79. The van der Waals surface area contributed by atoms with Gasteiger partial charge in [0.1, 0.15) is 5.75 Å². The fourth-order valence-electron chi connectivity index (χ4n) is 2.86. The Bertz CT molecular complexity index is 979. The summed E-state index contributed by atoms with van der Waals surface area (Å²) in [7, 11) is 1.48. The van der Waals surface area contributed by atoms with Crippen LogP contribution in [0.5, 0.6) is 5.75 Å². The average molecular weight is 304 g/mol. The van der Waals surface area contributed by atoms with Crippen LogP contribution in [0.25, 0.3) is 22.2 Å². The number of benzene rings is 2. The molecule has 0 bridgehead atoms. The monoisotopic (exact) mass is 304 g/mol. The number of pyridine rings is 1. The van der Waals surface area contributed by atoms with Crippen molar-refractivity contribution in [1.29, 1.82) is 0 Å². The number of fused-ring (bicyclic) bond motifs is 2. The van der Waals surface area contributed by atoms with E-state index in [4.69, 9.17) is 4.74 Å². The summed E-state index contributed by atoms with van der Waals surface area (Å²) in [5.41, 5.74) is 2.83. The molecule has 4 rings (SSSR count). The number of ether oxygens (including phenoxy) is 1. The Labute approximate surface area is 131 Å². The third kappa shape index (κ3) is 1.97. The molecule has 1 aliphatic rings. The Morgan fingerprint density at radius 1 is 0.913 bits per heavy atom. The van der Waals surface area contributed by atoms with Crippen molar-refractivity contribution in [3.63, 3.8) is 0 Å². The van der Waals surface area contributed by atoms with Gasteiger partial charge in [0.2, 0.25) is 0 Å². The van der Waals surface area contributed by atoms with Crippen molar-refractivity contribution >= 4 is 22.7 Å². The van der Waals surface area contributed by atoms with E-state index in [-0.39, 0.29) is 5.56 Å². The minimum absolute atomic E-state index is 0.268. The van der Waals surface area contributed by atoms with Crippen LogP contribution in [0.2, 0.25) is 0 Å². The minimum Gasteiger partial charge on any atom is -0.495 e. The van der Waals surface area contributed by atoms with Crippen LogP contribution < -0.4 is 10.1 Å². The number of para-hydroxylation sites is 1. The lowest BCUT2D eigenvalue weighted by atomic mass is 10.0. The first-order valence-corrected chi connectivity index (χ1v) is 7.12. The standard InChI is InChI=1S/C18H12N2O3/c1-23-16-11(7-8-12-15(16)18(22)20-17(12)21)14-9-6-10-4-2-3-5-13(10)19-14/h2-9H,1H3,(H,20,21,22). The maximum absolute atomic E-state index is 12.0. The smallest absolute Gasteiger partial charge is 0.262 e. The Balaban J connectivity index is 1.96. The number of methoxy groups -OCH3 is 1. The molecule has 0 atom stereocenters. The van der Waals surface area contributed by atoms with Gasteiger partial charge in [-0.2, -0.15) is 0 Å². The number of aromatic nitrogens is 1. The molecular formula is C18H12N2O3. The van der Waals surface area contributed by atoms with E-state index in [0.717, 1.165) is 10.9 Å². The number of carbonyl (C=O) groups excluding carboxylic acids is 2. The highest BCUT2D eigenvalue weighted by Gasteiger charge is 2.32. The second-order valence-electron chi connectivity index (χ2n) is 5.24. The Morgan fingerprint density at radius 2 is 1.70 bits per heavy atom. The fourth-order valence-corrected chi connectivity index (χ4v) is 2.86. The van der Waals surface area contributed by atoms with E-state index >= 15 is 0 Å². The minimum atomic E-state index is -0.440. The summed E-state index contributed by atoms with van der Waals surface area (Å²) in [6, 6.07) is 15.0. The number of carbonyl (C=O) groups is 2. The molecule has 5 heteroatoms. The third-order valence-corrected chi connectivity index (χ3v) is 3.93. The maximum atomic E-state index is 12.0. The molecule has 0 spiro atoms. The SMILES string of the molecule is COc1c(-c2ccc3ccccc3n2)ccc2c1C(=O)NC2=O. The van der Waals surface area contributed by atoms with Crippen LogP contribution in [0.15, 0.2) is 48.5 Å². The molecular weight excluding hydrogens is 292 g/mol. The van der Waals surface area contributed by atoms with E-state index in [2.05, 4.69) is 10.3 Å². The Morgan fingerprint density at radius 3 is 2.52 bits per heavy atom. The Hall–Kier alpha value is -3.21. The molecule has 2 aromatic carbocycles. The van der Waals surface area contributed by atoms with Crippen molar-refractivity contribution in [3.05, 3.63) is 59.7 Å². The summed E-state index contributed by atoms with van der Waals surface area (Å²) in [4.78, 5) is 28.4. The molecule has 0 saturated heterocycles. The van der Waals surface area contributed by atoms with Crippen LogP contribution in [0.4, 0.5) is 0 Å². The molecule has 0 radical (unpaired) electrons. The van der Waals surface area contributed by atoms with Gasteiger partial charge in [-0.25, -0.2) is 4.98 Å². The predicted molar refractivity (Wildman–Crippen MR) is 85.5 cm³/mol. The number of amides is 2. The van der Waals surface area contributed by atoms with Crippen molar-refractivity contribution in [2.24, 2.45) is 0 Å². The summed E-state index contributed by atoms with van der Waals surface area (Å²) in [5, 5.41) is 3.32. The van der Waals surface area contributed by atoms with Gasteiger partial charge in [0.15, 0.2) is 0 Å². The largest absolute Gasteiger partial charge is 0.495 e. The molecule has 1 aliphatic heterocycles. The van der Waals surface area contributed by atoms with Crippen LogP contribution in [0.1, 0.15) is 20.7 Å². The molecule has 0 unspecified atom stereocenters. The normalized spacial score (nSPS) is 13.1. The topological polar surface area (TPSA) is 68.3 Å². The maximum Gasteiger partial charge on any atom is 0.262 e. The lowest BCUT2D eigenvalue weighted by molar-refractivity contribution is 0.0879. The quantitative estimate of drug-likeness (QED) is 0.739. The van der Waals surface area contributed by atoms with Gasteiger partial charge in [0.05, 0.1) is 29.4 Å². The van der Waals surface area contributed by atoms with Crippen molar-refractivity contribution in [2.45, 2.75) is 0 Å². The molecule has 2 amide bonds. The molecule has 5 nitrogen and oxygen atoms in total. The van der Waals surface area contributed by atoms with Crippen LogP contribution in [-0.4, -0.2) is 23.9 Å². The van der Waals surface area contributed by atoms with Crippen molar-refractivity contribution in [3.8, 4) is 17.0 Å². The molecule has 0 fully saturated rings. The lowest BCUT2D eigenvalue weighted by Crippen LogP contribution is -2.20. The van der Waals surface area contributed by atoms with Gasteiger partial charge in [-0.3, -0.25) is 14.9 Å². The lowest BCUT2D eigenvalue weighted by Gasteiger charge is -2.11. The Kier molecular flexibility index (Phi) is 2.87. The second-order valence-corrected chi connectivity index (χ2v) is 5.24. The van der Waals surface area contributed by atoms with E-state index in [1.165, 1.54) is 7.11 Å². The number of imide groups is 1. The molecule has 0 saturated carbocycles. The molecule has 0 aliphatic carbocycles. The first-order valence-electron chi connectivity index (χ1n) is 7.12. The van der Waals surface area contributed by atoms with Gasteiger partial charge >= 0.3 is 0 Å². The summed E-state index contributed by atoms with van der Waals surface area (Å²) in [6.07, 6.45) is 0. The average Bonchev–Trinajstić information content (AvgIpc) is 2.88. The number of hydrogen-bond acceptors (Lipinski definition) is 4. The van der Waals surface area contributed by atoms with Crippen molar-refractivity contribution in [1.82, 2.24) is 10.3 Å². The zero-order valence-electron chi connectivity index (χ0n) is 12.3. The van der Waals surface area contributed by atoms with Crippen LogP contribution in [0, 0.1) is 0 Å². The molecule has 23 heavy (non-hydrogen) atoms. The van der Waals surface area contributed by atoms with Crippen molar-refractivity contribution in [2.75, 3.05) is 7.11 Å². The van der Waals surface area contributed by atoms with E-state index in [9.17, 15) is 9.59 Å². The van der Waals surface area contributed by atoms with Gasteiger partial charge in [0.25, 0.3) is 11.8 Å². The molecule has 112 valence electrons. The highest BCUT2D eigenvalue weighted by molar-refractivity contribution is 6.23. The fraction of sp³-hybridized carbons (Fsp3) is 0.0556. The molecule has 2 heterocycles. The van der Waals surface area contributed by atoms with E-state index in [0.29, 0.717) is 22.6 Å². The number of nitrogens with one attached hydrogen (secondary N) is 1. The third-order valence-electron chi connectivity index (χ3n) is 3.93. The summed E-state index contributed by atoms with van der Waals surface area (Å²) >= 11 is 0. The van der Waals surface area contributed by atoms with Crippen LogP contribution in [0.3, 0.4) is 0 Å². The van der Waals surface area contributed by atoms with E-state index in [1.807, 2.05) is 36.4 Å².